The van der Waals surface area contributed by atoms with E-state index in [1.165, 1.54) is 12.0 Å². The van der Waals surface area contributed by atoms with Gasteiger partial charge in [-0.25, -0.2) is 0 Å². The highest BCUT2D eigenvalue weighted by Gasteiger charge is 2.19. The maximum atomic E-state index is 5.89. The van der Waals surface area contributed by atoms with Crippen molar-refractivity contribution in [2.24, 2.45) is 0 Å². The van der Waals surface area contributed by atoms with Gasteiger partial charge >= 0.3 is 0 Å². The van der Waals surface area contributed by atoms with Crippen molar-refractivity contribution in [2.75, 3.05) is 25.0 Å². The molecule has 1 aliphatic rings. The maximum absolute atomic E-state index is 5.89. The number of hydrogen-bond acceptors (Lipinski definition) is 3. The monoisotopic (exact) mass is 399 g/mol. The van der Waals surface area contributed by atoms with Gasteiger partial charge in [-0.3, -0.25) is 4.90 Å². The van der Waals surface area contributed by atoms with Crippen molar-refractivity contribution in [1.82, 2.24) is 10.2 Å². The van der Waals surface area contributed by atoms with Crippen LogP contribution in [-0.4, -0.2) is 34.8 Å². The number of rotatable bonds is 8. The molecule has 0 saturated carbocycles. The predicted molar refractivity (Wildman–Crippen MR) is 119 cm³/mol. The molecule has 0 bridgehead atoms. The van der Waals surface area contributed by atoms with Crippen LogP contribution in [0.5, 0.6) is 5.75 Å². The lowest BCUT2D eigenvalue weighted by molar-refractivity contribution is 0.305. The molecule has 0 unspecified atom stereocenters. The molecular formula is C21H25N3OS2. The number of benzene rings is 2. The molecule has 0 aliphatic carbocycles. The first-order valence-corrected chi connectivity index (χ1v) is 10.2. The van der Waals surface area contributed by atoms with E-state index in [9.17, 15) is 0 Å². The molecule has 142 valence electrons. The highest BCUT2D eigenvalue weighted by Crippen LogP contribution is 2.19. The van der Waals surface area contributed by atoms with Crippen LogP contribution >= 0.6 is 24.4 Å². The van der Waals surface area contributed by atoms with Crippen LogP contribution in [0.2, 0.25) is 0 Å². The van der Waals surface area contributed by atoms with Crippen molar-refractivity contribution in [3.05, 3.63) is 60.2 Å². The number of thiocarbonyl (C=S) groups is 2. The number of anilines is 1. The van der Waals surface area contributed by atoms with E-state index in [2.05, 4.69) is 41.0 Å². The first-order valence-electron chi connectivity index (χ1n) is 9.35. The van der Waals surface area contributed by atoms with Crippen molar-refractivity contribution >= 4 is 40.3 Å². The second kappa shape index (κ2) is 10.2. The van der Waals surface area contributed by atoms with Gasteiger partial charge in [0.1, 0.15) is 5.75 Å². The molecule has 6 heteroatoms. The van der Waals surface area contributed by atoms with Crippen LogP contribution < -0.4 is 15.4 Å². The second-order valence-electron chi connectivity index (χ2n) is 6.49. The molecule has 0 aromatic heterocycles. The zero-order valence-corrected chi connectivity index (χ0v) is 17.0. The van der Waals surface area contributed by atoms with Gasteiger partial charge in [0.05, 0.1) is 6.61 Å². The molecule has 0 atom stereocenters. The summed E-state index contributed by atoms with van der Waals surface area (Å²) in [6, 6.07) is 18.5. The Kier molecular flexibility index (Phi) is 7.42. The van der Waals surface area contributed by atoms with Crippen LogP contribution in [0.4, 0.5) is 5.69 Å². The van der Waals surface area contributed by atoms with Crippen molar-refractivity contribution < 1.29 is 4.74 Å². The molecular weight excluding hydrogens is 374 g/mol. The Morgan fingerprint density at radius 3 is 2.70 bits per heavy atom. The van der Waals surface area contributed by atoms with E-state index < -0.39 is 0 Å². The van der Waals surface area contributed by atoms with Gasteiger partial charge in [0, 0.05) is 24.8 Å². The standard InChI is InChI=1S/C21H25N3OS2/c26-20-22-13-14-24(20)21(27)23-18-11-7-12-19(16-18)25-15-6-2-5-10-17-8-3-1-4-9-17/h1,3-4,7-9,11-12,16H,2,5-6,10,13-15H2,(H,22,26)(H,23,27). The Morgan fingerprint density at radius 1 is 1.07 bits per heavy atom. The average Bonchev–Trinajstić information content (AvgIpc) is 3.12. The van der Waals surface area contributed by atoms with E-state index in [0.717, 1.165) is 50.4 Å². The third kappa shape index (κ3) is 6.19. The molecule has 27 heavy (non-hydrogen) atoms. The van der Waals surface area contributed by atoms with Crippen LogP contribution in [0, 0.1) is 0 Å². The van der Waals surface area contributed by atoms with Gasteiger partial charge in [0.25, 0.3) is 0 Å². The van der Waals surface area contributed by atoms with Crippen molar-refractivity contribution in [3.63, 3.8) is 0 Å². The quantitative estimate of drug-likeness (QED) is 0.507. The molecule has 1 aliphatic heterocycles. The van der Waals surface area contributed by atoms with Crippen LogP contribution in [0.15, 0.2) is 54.6 Å². The average molecular weight is 400 g/mol. The number of nitrogens with zero attached hydrogens (tertiary/aromatic N) is 1. The van der Waals surface area contributed by atoms with E-state index in [1.54, 1.807) is 0 Å². The summed E-state index contributed by atoms with van der Waals surface area (Å²) in [5.41, 5.74) is 2.32. The molecule has 1 saturated heterocycles. The molecule has 0 amide bonds. The highest BCUT2D eigenvalue weighted by molar-refractivity contribution is 7.82. The van der Waals surface area contributed by atoms with Gasteiger partial charge < -0.3 is 15.4 Å². The molecule has 2 N–H and O–H groups in total. The van der Waals surface area contributed by atoms with Gasteiger partial charge in [-0.15, -0.1) is 0 Å². The largest absolute Gasteiger partial charge is 0.494 e. The summed E-state index contributed by atoms with van der Waals surface area (Å²) < 4.78 is 5.89. The third-order valence-corrected chi connectivity index (χ3v) is 5.10. The molecule has 1 heterocycles. The lowest BCUT2D eigenvalue weighted by Gasteiger charge is -2.19. The van der Waals surface area contributed by atoms with Crippen molar-refractivity contribution in [2.45, 2.75) is 25.7 Å². The molecule has 0 radical (unpaired) electrons. The minimum absolute atomic E-state index is 0.614. The smallest absolute Gasteiger partial charge is 0.179 e. The Hall–Kier alpha value is -2.18. The summed E-state index contributed by atoms with van der Waals surface area (Å²) in [4.78, 5) is 1.89. The van der Waals surface area contributed by atoms with Gasteiger partial charge in [0.15, 0.2) is 10.2 Å². The van der Waals surface area contributed by atoms with E-state index in [1.807, 2.05) is 29.2 Å². The molecule has 1 fully saturated rings. The van der Waals surface area contributed by atoms with Gasteiger partial charge in [-0.05, 0) is 67.8 Å². The zero-order chi connectivity index (χ0) is 18.9. The summed E-state index contributed by atoms with van der Waals surface area (Å²) in [6.45, 7) is 2.35. The van der Waals surface area contributed by atoms with Crippen LogP contribution in [0.1, 0.15) is 24.8 Å². The Bertz CT molecular complexity index is 767. The van der Waals surface area contributed by atoms with Crippen LogP contribution in [0.3, 0.4) is 0 Å². The summed E-state index contributed by atoms with van der Waals surface area (Å²) in [6.07, 6.45) is 4.53. The third-order valence-electron chi connectivity index (χ3n) is 4.41. The topological polar surface area (TPSA) is 36.5 Å². The van der Waals surface area contributed by atoms with Gasteiger partial charge in [0.2, 0.25) is 0 Å². The molecule has 2 aromatic rings. The first-order chi connectivity index (χ1) is 13.2. The number of aryl methyl sites for hydroxylation is 1. The zero-order valence-electron chi connectivity index (χ0n) is 15.3. The van der Waals surface area contributed by atoms with E-state index >= 15 is 0 Å². The van der Waals surface area contributed by atoms with Crippen LogP contribution in [0.25, 0.3) is 0 Å². The molecule has 0 spiro atoms. The lowest BCUT2D eigenvalue weighted by Crippen LogP contribution is -2.37. The number of hydrogen-bond donors (Lipinski definition) is 2. The van der Waals surface area contributed by atoms with Gasteiger partial charge in [-0.1, -0.05) is 36.4 Å². The van der Waals surface area contributed by atoms with E-state index in [-0.39, 0.29) is 0 Å². The lowest BCUT2D eigenvalue weighted by atomic mass is 10.1. The number of ether oxygens (including phenoxy) is 1. The summed E-state index contributed by atoms with van der Waals surface area (Å²) >= 11 is 10.7. The summed E-state index contributed by atoms with van der Waals surface area (Å²) in [5.74, 6) is 0.855. The minimum Gasteiger partial charge on any atom is -0.494 e. The Morgan fingerprint density at radius 2 is 1.93 bits per heavy atom. The SMILES string of the molecule is S=C1NCCN1C(=S)Nc1cccc(OCCCCCc2ccccc2)c1. The van der Waals surface area contributed by atoms with Crippen molar-refractivity contribution in [3.8, 4) is 5.75 Å². The maximum Gasteiger partial charge on any atom is 0.179 e. The molecule has 3 rings (SSSR count). The summed E-state index contributed by atoms with van der Waals surface area (Å²) in [5, 5.41) is 7.63. The predicted octanol–water partition coefficient (Wildman–Crippen LogP) is 4.37. The first kappa shape index (κ1) is 19.6. The number of nitrogens with one attached hydrogen (secondary N) is 2. The minimum atomic E-state index is 0.614. The fourth-order valence-corrected chi connectivity index (χ4v) is 3.61. The van der Waals surface area contributed by atoms with Crippen molar-refractivity contribution in [1.29, 1.82) is 0 Å². The Labute approximate surface area is 171 Å². The van der Waals surface area contributed by atoms with Gasteiger partial charge in [-0.2, -0.15) is 0 Å². The fraction of sp³-hybridized carbons (Fsp3) is 0.333. The highest BCUT2D eigenvalue weighted by atomic mass is 32.1. The molecule has 2 aromatic carbocycles. The second-order valence-corrected chi connectivity index (χ2v) is 7.26. The molecule has 4 nitrogen and oxygen atoms in total. The normalized spacial score (nSPS) is 13.3. The van der Waals surface area contributed by atoms with E-state index in [0.29, 0.717) is 10.2 Å². The summed E-state index contributed by atoms with van der Waals surface area (Å²) in [7, 11) is 0. The van der Waals surface area contributed by atoms with Crippen LogP contribution in [-0.2, 0) is 6.42 Å². The van der Waals surface area contributed by atoms with E-state index in [4.69, 9.17) is 29.2 Å². The fourth-order valence-electron chi connectivity index (χ4n) is 2.96. The Balaban J connectivity index is 1.37. The number of unbranched alkanes of at least 4 members (excludes halogenated alkanes) is 2.